The van der Waals surface area contributed by atoms with Gasteiger partial charge in [0, 0.05) is 0 Å². The van der Waals surface area contributed by atoms with Crippen LogP contribution < -0.4 is 5.32 Å². The predicted octanol–water partition coefficient (Wildman–Crippen LogP) is 3.24. The lowest BCUT2D eigenvalue weighted by atomic mass is 9.99. The zero-order valence-corrected chi connectivity index (χ0v) is 13.8. The Kier molecular flexibility index (Phi) is 6.99. The van der Waals surface area contributed by atoms with Crippen molar-refractivity contribution in [3.8, 4) is 0 Å². The van der Waals surface area contributed by atoms with E-state index < -0.39 is 12.0 Å². The van der Waals surface area contributed by atoms with Gasteiger partial charge in [0.2, 0.25) is 5.91 Å². The van der Waals surface area contributed by atoms with Gasteiger partial charge in [0.15, 0.2) is 0 Å². The topological polar surface area (TPSA) is 55.4 Å². The van der Waals surface area contributed by atoms with Crippen LogP contribution in [0.25, 0.3) is 0 Å². The molecule has 0 radical (unpaired) electrons. The molecule has 0 saturated carbocycles. The third-order valence-corrected chi connectivity index (χ3v) is 4.07. The highest BCUT2D eigenvalue weighted by atomic mass is 35.5. The van der Waals surface area contributed by atoms with Gasteiger partial charge in [0.25, 0.3) is 0 Å². The average Bonchev–Trinajstić information content (AvgIpc) is 2.47. The van der Waals surface area contributed by atoms with E-state index in [9.17, 15) is 9.59 Å². The Balaban J connectivity index is 2.73. The molecule has 6 heteroatoms. The van der Waals surface area contributed by atoms with Gasteiger partial charge in [-0.15, -0.1) is 0 Å². The second kappa shape index (κ2) is 8.25. The van der Waals surface area contributed by atoms with Gasteiger partial charge in [-0.05, 0) is 23.6 Å². The number of carbonyl (C=O) groups is 2. The van der Waals surface area contributed by atoms with Crippen LogP contribution in [0.15, 0.2) is 18.2 Å². The molecule has 1 aromatic carbocycles. The van der Waals surface area contributed by atoms with E-state index in [2.05, 4.69) is 5.32 Å². The van der Waals surface area contributed by atoms with Crippen LogP contribution in [0.2, 0.25) is 10.0 Å². The maximum absolute atomic E-state index is 12.1. The van der Waals surface area contributed by atoms with Crippen molar-refractivity contribution in [1.82, 2.24) is 5.32 Å². The molecule has 4 nitrogen and oxygen atoms in total. The van der Waals surface area contributed by atoms with Crippen LogP contribution in [0.3, 0.4) is 0 Å². The maximum atomic E-state index is 12.1. The highest BCUT2D eigenvalue weighted by molar-refractivity contribution is 6.42. The van der Waals surface area contributed by atoms with Gasteiger partial charge >= 0.3 is 5.97 Å². The van der Waals surface area contributed by atoms with Gasteiger partial charge < -0.3 is 10.1 Å². The van der Waals surface area contributed by atoms with Gasteiger partial charge in [0.05, 0.1) is 23.6 Å². The number of halogens is 2. The van der Waals surface area contributed by atoms with Crippen LogP contribution in [-0.4, -0.2) is 25.0 Å². The second-order valence-corrected chi connectivity index (χ2v) is 5.69. The third-order valence-electron chi connectivity index (χ3n) is 3.33. The van der Waals surface area contributed by atoms with Crippen LogP contribution in [0.1, 0.15) is 25.8 Å². The lowest BCUT2D eigenvalue weighted by Crippen LogP contribution is -2.46. The van der Waals surface area contributed by atoms with Gasteiger partial charge in [-0.3, -0.25) is 4.79 Å². The summed E-state index contributed by atoms with van der Waals surface area (Å²) in [6.45, 7) is 3.84. The zero-order valence-electron chi connectivity index (χ0n) is 12.3. The fraction of sp³-hybridized carbons (Fsp3) is 0.467. The number of rotatable bonds is 6. The van der Waals surface area contributed by atoms with Crippen LogP contribution in [0, 0.1) is 5.92 Å². The van der Waals surface area contributed by atoms with Crippen molar-refractivity contribution in [2.24, 2.45) is 5.92 Å². The molecule has 0 heterocycles. The third kappa shape index (κ3) is 5.21. The molecule has 1 amide bonds. The number of hydrogen-bond acceptors (Lipinski definition) is 3. The summed E-state index contributed by atoms with van der Waals surface area (Å²) in [6.07, 6.45) is 0.883. The molecule has 0 spiro atoms. The number of carbonyl (C=O) groups excluding carboxylic acids is 2. The van der Waals surface area contributed by atoms with Gasteiger partial charge in [0.1, 0.15) is 6.04 Å². The number of esters is 1. The number of benzene rings is 1. The molecule has 2 atom stereocenters. The van der Waals surface area contributed by atoms with E-state index in [0.29, 0.717) is 10.0 Å². The lowest BCUT2D eigenvalue weighted by molar-refractivity contribution is -0.146. The van der Waals surface area contributed by atoms with Crippen molar-refractivity contribution in [2.45, 2.75) is 32.7 Å². The molecule has 1 N–H and O–H groups in total. The fourth-order valence-electron chi connectivity index (χ4n) is 1.86. The standard InChI is InChI=1S/C15H19Cl2NO3/c1-4-9(2)14(15(20)21-3)18-13(19)8-10-5-6-11(16)12(17)7-10/h5-7,9,14H,4,8H2,1-3H3,(H,18,19)/t9-,14-/m1/s1. The number of hydrogen-bond donors (Lipinski definition) is 1. The van der Waals surface area contributed by atoms with Crippen molar-refractivity contribution in [1.29, 1.82) is 0 Å². The first-order valence-electron chi connectivity index (χ1n) is 6.70. The molecule has 0 fully saturated rings. The smallest absolute Gasteiger partial charge is 0.328 e. The van der Waals surface area contributed by atoms with Gasteiger partial charge in [-0.2, -0.15) is 0 Å². The Labute approximate surface area is 134 Å². The van der Waals surface area contributed by atoms with Crippen LogP contribution in [0.5, 0.6) is 0 Å². The average molecular weight is 332 g/mol. The molecule has 0 bridgehead atoms. The van der Waals surface area contributed by atoms with Crippen molar-refractivity contribution in [3.05, 3.63) is 33.8 Å². The summed E-state index contributed by atoms with van der Waals surface area (Å²) in [7, 11) is 1.31. The molecule has 0 aliphatic carbocycles. The summed E-state index contributed by atoms with van der Waals surface area (Å²) in [4.78, 5) is 23.8. The second-order valence-electron chi connectivity index (χ2n) is 4.88. The molecule has 0 saturated heterocycles. The lowest BCUT2D eigenvalue weighted by Gasteiger charge is -2.21. The highest BCUT2D eigenvalue weighted by Gasteiger charge is 2.26. The maximum Gasteiger partial charge on any atom is 0.328 e. The first-order chi connectivity index (χ1) is 9.88. The van der Waals surface area contributed by atoms with Gasteiger partial charge in [-0.1, -0.05) is 49.5 Å². The van der Waals surface area contributed by atoms with E-state index in [-0.39, 0.29) is 18.2 Å². The van der Waals surface area contributed by atoms with Crippen LogP contribution >= 0.6 is 23.2 Å². The highest BCUT2D eigenvalue weighted by Crippen LogP contribution is 2.22. The van der Waals surface area contributed by atoms with Crippen molar-refractivity contribution in [2.75, 3.05) is 7.11 Å². The van der Waals surface area contributed by atoms with E-state index in [1.807, 2.05) is 13.8 Å². The number of methoxy groups -OCH3 is 1. The van der Waals surface area contributed by atoms with Crippen LogP contribution in [-0.2, 0) is 20.7 Å². The summed E-state index contributed by atoms with van der Waals surface area (Å²) in [6, 6.07) is 4.36. The van der Waals surface area contributed by atoms with Crippen molar-refractivity contribution >= 4 is 35.1 Å². The molecule has 1 rings (SSSR count). The minimum absolute atomic E-state index is 0.00444. The first kappa shape index (κ1) is 17.8. The molecule has 1 aromatic rings. The van der Waals surface area contributed by atoms with E-state index in [1.54, 1.807) is 18.2 Å². The SMILES string of the molecule is CC[C@@H](C)[C@@H](NC(=O)Cc1ccc(Cl)c(Cl)c1)C(=O)OC. The van der Waals surface area contributed by atoms with Gasteiger partial charge in [-0.25, -0.2) is 4.79 Å². The molecule has 116 valence electrons. The minimum atomic E-state index is -0.643. The summed E-state index contributed by atoms with van der Waals surface area (Å²) in [5, 5.41) is 3.55. The van der Waals surface area contributed by atoms with Crippen molar-refractivity contribution < 1.29 is 14.3 Å². The molecule has 0 aliphatic rings. The van der Waals surface area contributed by atoms with Crippen LogP contribution in [0.4, 0.5) is 0 Å². The monoisotopic (exact) mass is 331 g/mol. The Hall–Kier alpha value is -1.26. The normalized spacial score (nSPS) is 13.4. The fourth-order valence-corrected chi connectivity index (χ4v) is 2.18. The Morgan fingerprint density at radius 1 is 1.29 bits per heavy atom. The summed E-state index contributed by atoms with van der Waals surface area (Å²) < 4.78 is 4.73. The molecule has 0 unspecified atom stereocenters. The Morgan fingerprint density at radius 2 is 1.95 bits per heavy atom. The van der Waals surface area contributed by atoms with E-state index >= 15 is 0 Å². The largest absolute Gasteiger partial charge is 0.467 e. The summed E-state index contributed by atoms with van der Waals surface area (Å²) >= 11 is 11.7. The Bertz CT molecular complexity index is 520. The summed E-state index contributed by atoms with van der Waals surface area (Å²) in [5.41, 5.74) is 0.731. The minimum Gasteiger partial charge on any atom is -0.467 e. The predicted molar refractivity (Wildman–Crippen MR) is 83.6 cm³/mol. The molecular formula is C15H19Cl2NO3. The molecule has 0 aliphatic heterocycles. The number of amides is 1. The molecule has 21 heavy (non-hydrogen) atoms. The molecule has 0 aromatic heterocycles. The number of nitrogens with one attached hydrogen (secondary N) is 1. The number of ether oxygens (including phenoxy) is 1. The van der Waals surface area contributed by atoms with E-state index in [0.717, 1.165) is 12.0 Å². The quantitative estimate of drug-likeness (QED) is 0.814. The molecular weight excluding hydrogens is 313 g/mol. The zero-order chi connectivity index (χ0) is 16.0. The van der Waals surface area contributed by atoms with Crippen molar-refractivity contribution in [3.63, 3.8) is 0 Å². The van der Waals surface area contributed by atoms with E-state index in [1.165, 1.54) is 7.11 Å². The first-order valence-corrected chi connectivity index (χ1v) is 7.45. The summed E-state index contributed by atoms with van der Waals surface area (Å²) in [5.74, 6) is -0.703. The van der Waals surface area contributed by atoms with E-state index in [4.69, 9.17) is 27.9 Å². The Morgan fingerprint density at radius 3 is 2.48 bits per heavy atom.